The molecule has 8 N–H and O–H groups in total. The van der Waals surface area contributed by atoms with Gasteiger partial charge in [0, 0.05) is 87.7 Å². The van der Waals surface area contributed by atoms with Gasteiger partial charge in [-0.05, 0) is 70.1 Å². The molecule has 414 valence electrons. The highest BCUT2D eigenvalue weighted by Crippen LogP contribution is 2.26. The molecule has 4 unspecified atom stereocenters. The third-order valence-corrected chi connectivity index (χ3v) is 16.4. The first-order chi connectivity index (χ1) is 36.8. The number of nitrogens with two attached hydrogens (primary N) is 3. The zero-order chi connectivity index (χ0) is 58.7. The Morgan fingerprint density at radius 3 is 1.24 bits per heavy atom. The highest BCUT2D eigenvalue weighted by Gasteiger charge is 2.11. The number of thioether (sulfide) groups is 2. The highest BCUT2D eigenvalue weighted by molar-refractivity contribution is 9.11. The van der Waals surface area contributed by atoms with E-state index in [0.29, 0.717) is 17.1 Å². The molecule has 0 spiro atoms. The van der Waals surface area contributed by atoms with Gasteiger partial charge in [-0.15, -0.1) is 41.4 Å². The molecule has 0 aliphatic rings. The lowest BCUT2D eigenvalue weighted by molar-refractivity contribution is -0.134. The summed E-state index contributed by atoms with van der Waals surface area (Å²) in [6.45, 7) is 1.62. The van der Waals surface area contributed by atoms with E-state index in [9.17, 15) is 32.4 Å². The van der Waals surface area contributed by atoms with E-state index in [2.05, 4.69) is 104 Å². The van der Waals surface area contributed by atoms with E-state index in [4.69, 9.17) is 30.4 Å². The van der Waals surface area contributed by atoms with Crippen molar-refractivity contribution in [2.24, 2.45) is 17.2 Å². The first-order valence-corrected chi connectivity index (χ1v) is 33.9. The van der Waals surface area contributed by atoms with Gasteiger partial charge in [-0.2, -0.15) is 0 Å². The van der Waals surface area contributed by atoms with Crippen molar-refractivity contribution in [1.29, 1.82) is 0 Å². The number of aliphatic hydroxyl groups is 1. The van der Waals surface area contributed by atoms with Gasteiger partial charge in [0.25, 0.3) is 0 Å². The number of carbonyl (C=O) groups is 5. The maximum Gasteiger partial charge on any atom is 0.313 e. The van der Waals surface area contributed by atoms with E-state index in [0.717, 1.165) is 62.8 Å². The number of Topliss-reactive ketones (excluding diaryl/α,β-unsaturated/α-hetero) is 1. The molecule has 3 amide bonds. The number of halogens is 4. The number of aliphatic hydroxyl groups excluding tert-OH is 1. The number of primary amides is 3. The van der Waals surface area contributed by atoms with Crippen molar-refractivity contribution >= 4 is 179 Å². The average molecular weight is 1450 g/mol. The van der Waals surface area contributed by atoms with Gasteiger partial charge < -0.3 is 27.4 Å². The van der Waals surface area contributed by atoms with Gasteiger partial charge >= 0.3 is 5.97 Å². The van der Waals surface area contributed by atoms with Crippen LogP contribution in [-0.4, -0.2) is 71.1 Å². The zero-order valence-electron chi connectivity index (χ0n) is 42.3. The third kappa shape index (κ3) is 34.8. The summed E-state index contributed by atoms with van der Waals surface area (Å²) in [5.41, 5.74) is 22.6. The van der Waals surface area contributed by atoms with E-state index < -0.39 is 39.4 Å². The Morgan fingerprint density at radius 1 is 0.553 bits per heavy atom. The molecular formula is C52H63Br4N3O9P2S6. The Morgan fingerprint density at radius 2 is 0.895 bits per heavy atom. The van der Waals surface area contributed by atoms with Gasteiger partial charge in [0.15, 0.2) is 5.78 Å². The van der Waals surface area contributed by atoms with Crippen molar-refractivity contribution in [2.45, 2.75) is 44.0 Å². The summed E-state index contributed by atoms with van der Waals surface area (Å²) in [4.78, 5) is 53.4. The number of aliphatic carboxylic acids is 1. The summed E-state index contributed by atoms with van der Waals surface area (Å²) in [5.74, 6) is 0.353. The summed E-state index contributed by atoms with van der Waals surface area (Å²) < 4.78 is 37.3. The molecule has 12 nitrogen and oxygen atoms in total. The van der Waals surface area contributed by atoms with E-state index in [1.54, 1.807) is 12.1 Å². The van der Waals surface area contributed by atoms with Crippen LogP contribution in [0.2, 0.25) is 0 Å². The number of hydrogen-bond acceptors (Lipinski definition) is 12. The number of amides is 3. The molecule has 24 heteroatoms. The number of carboxylic acid groups (broad SMARTS) is 1. The van der Waals surface area contributed by atoms with Crippen LogP contribution >= 0.6 is 105 Å². The van der Waals surface area contributed by atoms with Gasteiger partial charge in [-0.1, -0.05) is 192 Å². The minimum atomic E-state index is -1.33. The number of carboxylic acids is 1. The fraction of sp³-hybridized carbons (Fsp3) is 0.212. The molecule has 0 saturated heterocycles. The van der Waals surface area contributed by atoms with Crippen LogP contribution in [-0.2, 0) is 92.8 Å². The number of ketones is 1. The van der Waals surface area contributed by atoms with Gasteiger partial charge in [0.05, 0.1) is 23.9 Å². The Hall–Kier alpha value is -2.95. The second-order valence-electron chi connectivity index (χ2n) is 14.5. The highest BCUT2D eigenvalue weighted by atomic mass is 79.9. The van der Waals surface area contributed by atoms with Crippen LogP contribution in [0.3, 0.4) is 0 Å². The predicted octanol–water partition coefficient (Wildman–Crippen LogP) is 11.9. The molecule has 4 atom stereocenters. The SMILES string of the molecule is C.CC(=O)c1ccc(-c2ccccc2CS(=O)CC(N)=O)cc1.NC(=O)CS(=O)Cc1ccccc1Br.NC(=O)CSCc1ccccc1Br.O=C(O)CSCc1ccccc1Br.OCc1ccccc1Br.PP.S=S.[3H][3H]. The van der Waals surface area contributed by atoms with Gasteiger partial charge in [-0.3, -0.25) is 32.4 Å². The largest absolute Gasteiger partial charge is 0.481 e. The van der Waals surface area contributed by atoms with Crippen LogP contribution in [0, 0.1) is 0 Å². The molecule has 0 heterocycles. The molecule has 0 bridgehead atoms. The quantitative estimate of drug-likeness (QED) is 0.0375. The molecule has 0 aliphatic carbocycles. The van der Waals surface area contributed by atoms with E-state index in [1.165, 1.54) is 36.0 Å². The molecule has 0 saturated carbocycles. The maximum atomic E-state index is 11.9. The van der Waals surface area contributed by atoms with Crippen molar-refractivity contribution in [3.8, 4) is 11.1 Å². The summed E-state index contributed by atoms with van der Waals surface area (Å²) >= 11 is 23.7. The lowest BCUT2D eigenvalue weighted by Gasteiger charge is -2.10. The molecular weight excluding hydrogens is 1380 g/mol. The topological polar surface area (TPSA) is 238 Å². The monoisotopic (exact) mass is 1450 g/mol. The van der Waals surface area contributed by atoms with Crippen molar-refractivity contribution in [2.75, 3.05) is 23.0 Å². The Balaban J connectivity index is -0.000000900. The van der Waals surface area contributed by atoms with Crippen LogP contribution in [0.1, 0.15) is 55.5 Å². The Labute approximate surface area is 511 Å². The van der Waals surface area contributed by atoms with Crippen LogP contribution < -0.4 is 17.2 Å². The smallest absolute Gasteiger partial charge is 0.313 e. The first kappa shape index (κ1) is 73.0. The minimum Gasteiger partial charge on any atom is -0.481 e. The Kier molecular flexibility index (Phi) is 44.1. The molecule has 0 aliphatic heterocycles. The summed E-state index contributed by atoms with van der Waals surface area (Å²) in [7, 11) is 2.13. The Bertz CT molecular complexity index is 2710. The van der Waals surface area contributed by atoms with E-state index in [-0.39, 0.29) is 48.7 Å². The van der Waals surface area contributed by atoms with Gasteiger partial charge in [0.2, 0.25) is 17.7 Å². The van der Waals surface area contributed by atoms with Crippen molar-refractivity contribution in [3.05, 3.63) is 197 Å². The van der Waals surface area contributed by atoms with Crippen LogP contribution in [0.5, 0.6) is 0 Å². The molecule has 6 aromatic rings. The van der Waals surface area contributed by atoms with Gasteiger partial charge in [0.1, 0.15) is 11.5 Å². The standard InChI is InChI=1S/C17H17NO3S.C9H10BrNO2S.C9H10BrNOS.C9H9BrO2S.C7H7BrO.CH4.H4P2.S2.H2/c1-12(19)13-6-8-14(9-7-13)16-5-3-2-4-15(16)10-22(21)11-17(18)20;10-8-4-2-1-3-7(8)5-14(13)6-9(11)12;2*10-8-4-2-1-3-7(8)5-13-6-9(11)12;8-7-4-2-1-3-6(7)5-9;;2*1-2;/h2-9H,10-11H2,1H3,(H2,18,20);1-4H,5-6H2,(H2,11,12);1-4H,5-6H2,(H2,11,12);1-4H,5-6H2,(H,11,12);1-4,9H,5H2;1H4;1-2H2;;1H/i;;;;;;;;1+2T. The third-order valence-electron chi connectivity index (χ3n) is 8.85. The normalized spacial score (nSPS) is 10.5. The maximum absolute atomic E-state index is 11.9. The number of rotatable bonds is 19. The fourth-order valence-corrected chi connectivity index (χ4v) is 11.4. The summed E-state index contributed by atoms with van der Waals surface area (Å²) in [6.07, 6.45) is 0. The second kappa shape index (κ2) is 45.9. The van der Waals surface area contributed by atoms with Gasteiger partial charge in [-0.25, -0.2) is 0 Å². The average Bonchev–Trinajstić information content (AvgIpc) is 3.40. The lowest BCUT2D eigenvalue weighted by Crippen LogP contribution is -2.20. The lowest BCUT2D eigenvalue weighted by atomic mass is 9.99. The van der Waals surface area contributed by atoms with Crippen LogP contribution in [0.15, 0.2) is 163 Å². The van der Waals surface area contributed by atoms with Crippen LogP contribution in [0.4, 0.5) is 0 Å². The summed E-state index contributed by atoms with van der Waals surface area (Å²) in [6, 6.07) is 45.7. The van der Waals surface area contributed by atoms with Crippen molar-refractivity contribution in [1.82, 2.24) is 0 Å². The van der Waals surface area contributed by atoms with Crippen molar-refractivity contribution in [3.63, 3.8) is 0 Å². The number of carbonyl (C=O) groups excluding carboxylic acids is 4. The minimum absolute atomic E-state index is 0. The second-order valence-corrected chi connectivity index (χ2v) is 22.9. The molecule has 6 rings (SSSR count). The van der Waals surface area contributed by atoms with Crippen LogP contribution in [0.25, 0.3) is 11.1 Å². The molecule has 0 radical (unpaired) electrons. The first-order valence-electron chi connectivity index (χ1n) is 22.5. The van der Waals surface area contributed by atoms with E-state index in [1.807, 2.05) is 133 Å². The molecule has 0 aromatic heterocycles. The molecule has 76 heavy (non-hydrogen) atoms. The summed E-state index contributed by atoms with van der Waals surface area (Å²) in [5, 5.41) is 17.1. The predicted molar refractivity (Wildman–Crippen MR) is 348 cm³/mol. The van der Waals surface area contributed by atoms with Crippen molar-refractivity contribution < 1.29 is 45.6 Å². The van der Waals surface area contributed by atoms with E-state index >= 15 is 0 Å². The molecule has 0 fully saturated rings. The zero-order valence-corrected chi connectivity index (χ0v) is 53.9. The fourth-order valence-electron chi connectivity index (χ4n) is 5.56. The number of benzene rings is 6. The molecule has 6 aromatic carbocycles. The number of hydrogen-bond donors (Lipinski definition) is 5.